The molecule has 1 fully saturated rings. The van der Waals surface area contributed by atoms with E-state index in [4.69, 9.17) is 5.73 Å². The lowest BCUT2D eigenvalue weighted by Gasteiger charge is -2.43. The van der Waals surface area contributed by atoms with Gasteiger partial charge in [-0.2, -0.15) is 0 Å². The monoisotopic (exact) mass is 269 g/mol. The summed E-state index contributed by atoms with van der Waals surface area (Å²) in [6, 6.07) is 7.46. The summed E-state index contributed by atoms with van der Waals surface area (Å²) >= 11 is 3.39. The largest absolute Gasteiger partial charge is 0.481 e. The summed E-state index contributed by atoms with van der Waals surface area (Å²) < 4.78 is 0.847. The molecule has 0 unspecified atom stereocenters. The molecule has 1 aliphatic carbocycles. The molecule has 3 nitrogen and oxygen atoms in total. The molecule has 0 spiro atoms. The van der Waals surface area contributed by atoms with E-state index in [9.17, 15) is 9.90 Å². The molecule has 4 heteroatoms. The molecule has 3 N–H and O–H groups in total. The quantitative estimate of drug-likeness (QED) is 0.862. The third kappa shape index (κ3) is 1.58. The number of carbonyl (C=O) groups is 1. The van der Waals surface area contributed by atoms with E-state index in [1.54, 1.807) is 0 Å². The molecule has 1 aromatic carbocycles. The smallest absolute Gasteiger partial charge is 0.314 e. The highest BCUT2D eigenvalue weighted by atomic mass is 79.9. The highest BCUT2D eigenvalue weighted by Gasteiger charge is 2.51. The molecule has 0 bridgehead atoms. The van der Waals surface area contributed by atoms with Gasteiger partial charge < -0.3 is 10.8 Å². The summed E-state index contributed by atoms with van der Waals surface area (Å²) in [6.45, 7) is 0. The second-order valence-electron chi connectivity index (χ2n) is 4.04. The van der Waals surface area contributed by atoms with Crippen LogP contribution in [0.25, 0.3) is 0 Å². The molecule has 0 aromatic heterocycles. The van der Waals surface area contributed by atoms with Gasteiger partial charge in [-0.1, -0.05) is 34.1 Å². The van der Waals surface area contributed by atoms with Gasteiger partial charge in [0, 0.05) is 10.5 Å². The van der Waals surface area contributed by atoms with Gasteiger partial charge in [-0.15, -0.1) is 0 Å². The number of rotatable bonds is 2. The fourth-order valence-corrected chi connectivity index (χ4v) is 2.86. The number of halogens is 1. The average molecular weight is 270 g/mol. The first kappa shape index (κ1) is 10.6. The van der Waals surface area contributed by atoms with Crippen LogP contribution in [0.5, 0.6) is 0 Å². The summed E-state index contributed by atoms with van der Waals surface area (Å²) in [5.41, 5.74) is 5.75. The minimum atomic E-state index is -0.781. The first-order chi connectivity index (χ1) is 7.06. The van der Waals surface area contributed by atoms with Crippen LogP contribution in [0.3, 0.4) is 0 Å². The van der Waals surface area contributed by atoms with Gasteiger partial charge in [-0.3, -0.25) is 4.79 Å². The zero-order valence-electron chi connectivity index (χ0n) is 8.11. The van der Waals surface area contributed by atoms with E-state index in [-0.39, 0.29) is 6.04 Å². The Morgan fingerprint density at radius 2 is 2.07 bits per heavy atom. The highest BCUT2D eigenvalue weighted by molar-refractivity contribution is 9.10. The first-order valence-electron chi connectivity index (χ1n) is 4.80. The Labute approximate surface area is 96.4 Å². The maximum atomic E-state index is 11.3. The second-order valence-corrected chi connectivity index (χ2v) is 4.89. The fraction of sp³-hybridized carbons (Fsp3) is 0.364. The van der Waals surface area contributed by atoms with Crippen molar-refractivity contribution in [1.29, 1.82) is 0 Å². The fourth-order valence-electron chi connectivity index (χ4n) is 2.19. The van der Waals surface area contributed by atoms with Crippen molar-refractivity contribution in [2.45, 2.75) is 24.3 Å². The zero-order valence-corrected chi connectivity index (χ0v) is 9.70. The molecule has 0 aliphatic heterocycles. The van der Waals surface area contributed by atoms with E-state index in [0.29, 0.717) is 12.8 Å². The molecule has 1 aromatic rings. The number of carboxylic acid groups (broad SMARTS) is 1. The number of carboxylic acids is 1. The molecule has 0 saturated heterocycles. The summed E-state index contributed by atoms with van der Waals surface area (Å²) in [5.74, 6) is -0.781. The maximum Gasteiger partial charge on any atom is 0.314 e. The third-order valence-electron chi connectivity index (χ3n) is 3.02. The predicted octanol–water partition coefficient (Wildman–Crippen LogP) is 1.89. The van der Waals surface area contributed by atoms with Crippen LogP contribution in [-0.4, -0.2) is 17.1 Å². The molecule has 0 atom stereocenters. The number of hydrogen-bond acceptors (Lipinski definition) is 2. The lowest BCUT2D eigenvalue weighted by atomic mass is 9.62. The van der Waals surface area contributed by atoms with Gasteiger partial charge in [0.15, 0.2) is 0 Å². The Bertz CT molecular complexity index is 399. The van der Waals surface area contributed by atoms with E-state index in [0.717, 1.165) is 10.0 Å². The van der Waals surface area contributed by atoms with Gasteiger partial charge in [0.2, 0.25) is 0 Å². The molecule has 15 heavy (non-hydrogen) atoms. The van der Waals surface area contributed by atoms with Gasteiger partial charge >= 0.3 is 5.97 Å². The minimum absolute atomic E-state index is 0.00760. The van der Waals surface area contributed by atoms with Crippen LogP contribution in [-0.2, 0) is 10.2 Å². The lowest BCUT2D eigenvalue weighted by molar-refractivity contribution is -0.148. The summed E-state index contributed by atoms with van der Waals surface area (Å²) in [4.78, 5) is 11.3. The molecule has 0 amide bonds. The molecular formula is C11H12BrNO2. The van der Waals surface area contributed by atoms with Gasteiger partial charge in [-0.25, -0.2) is 0 Å². The summed E-state index contributed by atoms with van der Waals surface area (Å²) in [6.07, 6.45) is 1.04. The Kier molecular flexibility index (Phi) is 2.56. The molecule has 2 rings (SSSR count). The van der Waals surface area contributed by atoms with Crippen molar-refractivity contribution in [2.75, 3.05) is 0 Å². The van der Waals surface area contributed by atoms with Crippen molar-refractivity contribution in [3.8, 4) is 0 Å². The van der Waals surface area contributed by atoms with Crippen LogP contribution in [0.2, 0.25) is 0 Å². The molecule has 1 aliphatic rings. The van der Waals surface area contributed by atoms with E-state index in [2.05, 4.69) is 15.9 Å². The van der Waals surface area contributed by atoms with Crippen LogP contribution >= 0.6 is 15.9 Å². The van der Waals surface area contributed by atoms with Crippen LogP contribution in [0.4, 0.5) is 0 Å². The number of nitrogens with two attached hydrogens (primary N) is 1. The Balaban J connectivity index is 2.43. The first-order valence-corrected chi connectivity index (χ1v) is 5.59. The average Bonchev–Trinajstić information content (AvgIpc) is 2.13. The molecular weight excluding hydrogens is 258 g/mol. The second kappa shape index (κ2) is 3.61. The summed E-state index contributed by atoms with van der Waals surface area (Å²) in [7, 11) is 0. The number of hydrogen-bond donors (Lipinski definition) is 2. The Morgan fingerprint density at radius 3 is 2.53 bits per heavy atom. The van der Waals surface area contributed by atoms with Gasteiger partial charge in [0.1, 0.15) is 0 Å². The SMILES string of the molecule is NC1CC(C(=O)O)(c2ccccc2Br)C1. The summed E-state index contributed by atoms with van der Waals surface area (Å²) in [5, 5.41) is 9.30. The van der Waals surface area contributed by atoms with Crippen LogP contribution < -0.4 is 5.73 Å². The Morgan fingerprint density at radius 1 is 1.47 bits per heavy atom. The third-order valence-corrected chi connectivity index (χ3v) is 3.71. The van der Waals surface area contributed by atoms with Crippen molar-refractivity contribution in [2.24, 2.45) is 5.73 Å². The van der Waals surface area contributed by atoms with Crippen molar-refractivity contribution < 1.29 is 9.90 Å². The van der Waals surface area contributed by atoms with Crippen molar-refractivity contribution >= 4 is 21.9 Å². The zero-order chi connectivity index (χ0) is 11.1. The van der Waals surface area contributed by atoms with Crippen LogP contribution in [0.15, 0.2) is 28.7 Å². The van der Waals surface area contributed by atoms with Gasteiger partial charge in [0.25, 0.3) is 0 Å². The molecule has 1 saturated carbocycles. The lowest BCUT2D eigenvalue weighted by Crippen LogP contribution is -2.54. The topological polar surface area (TPSA) is 63.3 Å². The van der Waals surface area contributed by atoms with Gasteiger partial charge in [0.05, 0.1) is 5.41 Å². The maximum absolute atomic E-state index is 11.3. The van der Waals surface area contributed by atoms with Crippen LogP contribution in [0.1, 0.15) is 18.4 Å². The van der Waals surface area contributed by atoms with Crippen LogP contribution in [0, 0.1) is 0 Å². The molecule has 0 heterocycles. The minimum Gasteiger partial charge on any atom is -0.481 e. The number of benzene rings is 1. The van der Waals surface area contributed by atoms with E-state index in [1.807, 2.05) is 24.3 Å². The van der Waals surface area contributed by atoms with E-state index < -0.39 is 11.4 Å². The van der Waals surface area contributed by atoms with Gasteiger partial charge in [-0.05, 0) is 24.5 Å². The standard InChI is InChI=1S/C11H12BrNO2/c12-9-4-2-1-3-8(9)11(10(14)15)5-7(13)6-11/h1-4,7H,5-6,13H2,(H,14,15). The van der Waals surface area contributed by atoms with E-state index in [1.165, 1.54) is 0 Å². The Hall–Kier alpha value is -0.870. The molecule has 80 valence electrons. The van der Waals surface area contributed by atoms with Crippen molar-refractivity contribution in [3.05, 3.63) is 34.3 Å². The predicted molar refractivity (Wildman–Crippen MR) is 60.7 cm³/mol. The number of aliphatic carboxylic acids is 1. The normalized spacial score (nSPS) is 29.6. The van der Waals surface area contributed by atoms with Crippen molar-refractivity contribution in [3.63, 3.8) is 0 Å². The molecule has 0 radical (unpaired) electrons. The highest BCUT2D eigenvalue weighted by Crippen LogP contribution is 2.45. The van der Waals surface area contributed by atoms with E-state index >= 15 is 0 Å². The van der Waals surface area contributed by atoms with Crippen molar-refractivity contribution in [1.82, 2.24) is 0 Å².